The van der Waals surface area contributed by atoms with E-state index in [-0.39, 0.29) is 24.2 Å². The van der Waals surface area contributed by atoms with Crippen molar-refractivity contribution in [3.8, 4) is 0 Å². The topological polar surface area (TPSA) is 80.4 Å². The van der Waals surface area contributed by atoms with Crippen molar-refractivity contribution in [3.63, 3.8) is 0 Å². The maximum Gasteiger partial charge on any atom is 0.178 e. The Morgan fingerprint density at radius 2 is 2.00 bits per heavy atom. The number of aliphatic hydroxyl groups excluding tert-OH is 1. The highest BCUT2D eigenvalue weighted by Gasteiger charge is 2.18. The van der Waals surface area contributed by atoms with E-state index in [0.717, 1.165) is 18.4 Å². The van der Waals surface area contributed by atoms with Crippen LogP contribution in [-0.4, -0.2) is 32.4 Å². The summed E-state index contributed by atoms with van der Waals surface area (Å²) < 4.78 is 23.9. The standard InChI is InChI=1S/C15H25NO3S/c1-3-13(8-12(10-16)11-17)14-6-5-7-15(9-14)20(18,19)4-2/h5-7,9,12-13,17H,3-4,8,10-11,16H2,1-2H3. The molecular formula is C15H25NO3S. The van der Waals surface area contributed by atoms with Crippen LogP contribution in [0.3, 0.4) is 0 Å². The summed E-state index contributed by atoms with van der Waals surface area (Å²) in [6.07, 6.45) is 1.67. The third-order valence-corrected chi connectivity index (χ3v) is 5.50. The third kappa shape index (κ3) is 4.30. The number of hydrogen-bond acceptors (Lipinski definition) is 4. The molecule has 1 rings (SSSR count). The van der Waals surface area contributed by atoms with Crippen LogP contribution in [0.5, 0.6) is 0 Å². The van der Waals surface area contributed by atoms with Crippen molar-refractivity contribution in [1.82, 2.24) is 0 Å². The van der Waals surface area contributed by atoms with E-state index in [1.165, 1.54) is 0 Å². The van der Waals surface area contributed by atoms with E-state index in [1.54, 1.807) is 25.1 Å². The molecule has 0 saturated carbocycles. The largest absolute Gasteiger partial charge is 0.396 e. The summed E-state index contributed by atoms with van der Waals surface area (Å²) in [4.78, 5) is 0.379. The van der Waals surface area contributed by atoms with E-state index >= 15 is 0 Å². The van der Waals surface area contributed by atoms with Crippen molar-refractivity contribution in [2.45, 2.75) is 37.5 Å². The zero-order valence-electron chi connectivity index (χ0n) is 12.2. The second-order valence-electron chi connectivity index (χ2n) is 5.10. The van der Waals surface area contributed by atoms with Crippen LogP contribution < -0.4 is 5.73 Å². The van der Waals surface area contributed by atoms with Crippen LogP contribution >= 0.6 is 0 Å². The zero-order valence-corrected chi connectivity index (χ0v) is 13.1. The lowest BCUT2D eigenvalue weighted by Crippen LogP contribution is -2.20. The predicted molar refractivity (Wildman–Crippen MR) is 81.4 cm³/mol. The van der Waals surface area contributed by atoms with Gasteiger partial charge in [0.15, 0.2) is 9.84 Å². The van der Waals surface area contributed by atoms with Gasteiger partial charge in [-0.05, 0) is 48.9 Å². The van der Waals surface area contributed by atoms with Crippen molar-refractivity contribution in [2.24, 2.45) is 11.7 Å². The molecule has 0 bridgehead atoms. The minimum atomic E-state index is -3.18. The Bertz CT molecular complexity index is 510. The minimum Gasteiger partial charge on any atom is -0.396 e. The molecule has 0 aliphatic rings. The first-order valence-corrected chi connectivity index (χ1v) is 8.77. The Balaban J connectivity index is 3.02. The lowest BCUT2D eigenvalue weighted by molar-refractivity contribution is 0.214. The molecule has 5 heteroatoms. The summed E-state index contributed by atoms with van der Waals surface area (Å²) in [5.74, 6) is 0.393. The SMILES string of the molecule is CCC(CC(CN)CO)c1cccc(S(=O)(=O)CC)c1. The first-order chi connectivity index (χ1) is 9.48. The summed E-state index contributed by atoms with van der Waals surface area (Å²) in [7, 11) is -3.18. The summed E-state index contributed by atoms with van der Waals surface area (Å²) in [5, 5.41) is 9.26. The lowest BCUT2D eigenvalue weighted by Gasteiger charge is -2.21. The van der Waals surface area contributed by atoms with Gasteiger partial charge in [-0.15, -0.1) is 0 Å². The van der Waals surface area contributed by atoms with E-state index in [0.29, 0.717) is 11.4 Å². The van der Waals surface area contributed by atoms with E-state index in [9.17, 15) is 13.5 Å². The first-order valence-electron chi connectivity index (χ1n) is 7.12. The minimum absolute atomic E-state index is 0.0615. The molecule has 114 valence electrons. The molecule has 0 heterocycles. The van der Waals surface area contributed by atoms with Gasteiger partial charge in [-0.1, -0.05) is 26.0 Å². The highest BCUT2D eigenvalue weighted by Crippen LogP contribution is 2.28. The highest BCUT2D eigenvalue weighted by molar-refractivity contribution is 7.91. The predicted octanol–water partition coefficient (Wildman–Crippen LogP) is 1.93. The van der Waals surface area contributed by atoms with Crippen LogP contribution in [0.1, 0.15) is 38.2 Å². The van der Waals surface area contributed by atoms with Crippen molar-refractivity contribution in [2.75, 3.05) is 18.9 Å². The number of benzene rings is 1. The van der Waals surface area contributed by atoms with Gasteiger partial charge in [0.25, 0.3) is 0 Å². The van der Waals surface area contributed by atoms with Gasteiger partial charge in [0.05, 0.1) is 10.6 Å². The van der Waals surface area contributed by atoms with Crippen LogP contribution in [0.15, 0.2) is 29.2 Å². The molecular weight excluding hydrogens is 274 g/mol. The fourth-order valence-corrected chi connectivity index (χ4v) is 3.25. The molecule has 0 radical (unpaired) electrons. The summed E-state index contributed by atoms with van der Waals surface area (Å²) >= 11 is 0. The molecule has 20 heavy (non-hydrogen) atoms. The molecule has 0 spiro atoms. The van der Waals surface area contributed by atoms with E-state index in [1.807, 2.05) is 6.07 Å². The Labute approximate surface area is 121 Å². The average Bonchev–Trinajstić information content (AvgIpc) is 2.48. The molecule has 0 saturated heterocycles. The molecule has 3 N–H and O–H groups in total. The van der Waals surface area contributed by atoms with Gasteiger partial charge in [0.1, 0.15) is 0 Å². The summed E-state index contributed by atoms with van der Waals surface area (Å²) in [5.41, 5.74) is 6.64. The highest BCUT2D eigenvalue weighted by atomic mass is 32.2. The van der Waals surface area contributed by atoms with Crippen LogP contribution in [0.2, 0.25) is 0 Å². The van der Waals surface area contributed by atoms with Crippen molar-refractivity contribution >= 4 is 9.84 Å². The lowest BCUT2D eigenvalue weighted by atomic mass is 9.87. The molecule has 0 aliphatic carbocycles. The number of rotatable bonds is 8. The fourth-order valence-electron chi connectivity index (χ4n) is 2.31. The Morgan fingerprint density at radius 1 is 1.30 bits per heavy atom. The van der Waals surface area contributed by atoms with Gasteiger partial charge in [-0.3, -0.25) is 0 Å². The molecule has 4 nitrogen and oxygen atoms in total. The summed E-state index contributed by atoms with van der Waals surface area (Å²) in [6, 6.07) is 7.14. The molecule has 1 aromatic rings. The smallest absolute Gasteiger partial charge is 0.178 e. The number of hydrogen-bond donors (Lipinski definition) is 2. The van der Waals surface area contributed by atoms with Crippen LogP contribution in [0.25, 0.3) is 0 Å². The number of nitrogens with two attached hydrogens (primary N) is 1. The van der Waals surface area contributed by atoms with Gasteiger partial charge < -0.3 is 10.8 Å². The van der Waals surface area contributed by atoms with Crippen molar-refractivity contribution in [3.05, 3.63) is 29.8 Å². The van der Waals surface area contributed by atoms with Gasteiger partial charge in [0.2, 0.25) is 0 Å². The molecule has 2 unspecified atom stereocenters. The quantitative estimate of drug-likeness (QED) is 0.768. The molecule has 0 aliphatic heterocycles. The number of aliphatic hydroxyl groups is 1. The average molecular weight is 299 g/mol. The zero-order chi connectivity index (χ0) is 15.2. The third-order valence-electron chi connectivity index (χ3n) is 3.77. The Morgan fingerprint density at radius 3 is 2.50 bits per heavy atom. The van der Waals surface area contributed by atoms with Gasteiger partial charge >= 0.3 is 0 Å². The Hall–Kier alpha value is -0.910. The van der Waals surface area contributed by atoms with Crippen molar-refractivity contribution in [1.29, 1.82) is 0 Å². The molecule has 0 amide bonds. The molecule has 1 aromatic carbocycles. The van der Waals surface area contributed by atoms with Gasteiger partial charge in [0, 0.05) is 6.61 Å². The molecule has 0 fully saturated rings. The van der Waals surface area contributed by atoms with Crippen LogP contribution in [-0.2, 0) is 9.84 Å². The maximum atomic E-state index is 11.9. The van der Waals surface area contributed by atoms with E-state index in [2.05, 4.69) is 6.92 Å². The number of sulfone groups is 1. The summed E-state index contributed by atoms with van der Waals surface area (Å²) in [6.45, 7) is 4.23. The van der Waals surface area contributed by atoms with Crippen LogP contribution in [0, 0.1) is 5.92 Å². The maximum absolute atomic E-state index is 11.9. The van der Waals surface area contributed by atoms with Crippen LogP contribution in [0.4, 0.5) is 0 Å². The van der Waals surface area contributed by atoms with Gasteiger partial charge in [-0.25, -0.2) is 8.42 Å². The molecule has 0 aromatic heterocycles. The second kappa shape index (κ2) is 7.76. The van der Waals surface area contributed by atoms with Crippen molar-refractivity contribution < 1.29 is 13.5 Å². The van der Waals surface area contributed by atoms with Gasteiger partial charge in [-0.2, -0.15) is 0 Å². The Kier molecular flexibility index (Phi) is 6.65. The molecule has 2 atom stereocenters. The second-order valence-corrected chi connectivity index (χ2v) is 7.38. The van der Waals surface area contributed by atoms with E-state index in [4.69, 9.17) is 5.73 Å². The fraction of sp³-hybridized carbons (Fsp3) is 0.600. The first kappa shape index (κ1) is 17.1. The van der Waals surface area contributed by atoms with E-state index < -0.39 is 9.84 Å². The monoisotopic (exact) mass is 299 g/mol. The normalized spacial score (nSPS) is 15.0.